The molecule has 1 aliphatic carbocycles. The maximum atomic E-state index is 12.4. The molecule has 10 heteroatoms. The van der Waals surface area contributed by atoms with Gasteiger partial charge in [-0.3, -0.25) is 9.36 Å². The quantitative estimate of drug-likeness (QED) is 0.717. The normalized spacial score (nSPS) is 18.6. The van der Waals surface area contributed by atoms with Crippen LogP contribution in [0.15, 0.2) is 41.5 Å². The Labute approximate surface area is 178 Å². The fourth-order valence-corrected chi connectivity index (χ4v) is 3.38. The number of pyridine rings is 2. The summed E-state index contributed by atoms with van der Waals surface area (Å²) in [4.78, 5) is 28.3. The summed E-state index contributed by atoms with van der Waals surface area (Å²) in [7, 11) is 0. The first-order valence-corrected chi connectivity index (χ1v) is 9.99. The Morgan fingerprint density at radius 2 is 1.94 bits per heavy atom. The third-order valence-corrected chi connectivity index (χ3v) is 4.64. The van der Waals surface area contributed by atoms with Gasteiger partial charge in [-0.05, 0) is 58.2 Å². The van der Waals surface area contributed by atoms with E-state index in [1.54, 1.807) is 12.1 Å². The summed E-state index contributed by atoms with van der Waals surface area (Å²) in [6.07, 6.45) is 4.65. The van der Waals surface area contributed by atoms with E-state index in [0.29, 0.717) is 11.5 Å². The number of aromatic nitrogens is 2. The van der Waals surface area contributed by atoms with Gasteiger partial charge in [0.15, 0.2) is 0 Å². The van der Waals surface area contributed by atoms with Gasteiger partial charge in [-0.25, -0.2) is 9.78 Å². The number of anilines is 1. The van der Waals surface area contributed by atoms with Gasteiger partial charge >= 0.3 is 12.7 Å². The minimum Gasteiger partial charge on any atom is -0.444 e. The fraction of sp³-hybridized carbons (Fsp3) is 0.476. The highest BCUT2D eigenvalue weighted by Crippen LogP contribution is 2.23. The topological polar surface area (TPSA) is 94.5 Å². The summed E-state index contributed by atoms with van der Waals surface area (Å²) in [6, 6.07) is 5.85. The maximum Gasteiger partial charge on any atom is 0.407 e. The molecule has 1 aliphatic rings. The van der Waals surface area contributed by atoms with Gasteiger partial charge in [0.2, 0.25) is 0 Å². The van der Waals surface area contributed by atoms with Crippen LogP contribution in [-0.4, -0.2) is 39.9 Å². The van der Waals surface area contributed by atoms with E-state index >= 15 is 0 Å². The van der Waals surface area contributed by atoms with Gasteiger partial charge in [0.25, 0.3) is 5.56 Å². The highest BCUT2D eigenvalue weighted by atomic mass is 19.3. The van der Waals surface area contributed by atoms with E-state index in [1.165, 1.54) is 23.0 Å². The van der Waals surface area contributed by atoms with Crippen molar-refractivity contribution in [1.82, 2.24) is 14.9 Å². The zero-order valence-electron chi connectivity index (χ0n) is 17.6. The Morgan fingerprint density at radius 1 is 1.19 bits per heavy atom. The monoisotopic (exact) mass is 436 g/mol. The molecule has 2 N–H and O–H groups in total. The molecule has 0 radical (unpaired) electrons. The number of alkyl halides is 2. The number of hydrogen-bond acceptors (Lipinski definition) is 6. The Bertz CT molecular complexity index is 957. The lowest BCUT2D eigenvalue weighted by molar-refractivity contribution is -0.0502. The molecule has 2 atom stereocenters. The lowest BCUT2D eigenvalue weighted by Crippen LogP contribution is -2.38. The smallest absolute Gasteiger partial charge is 0.407 e. The van der Waals surface area contributed by atoms with Crippen LogP contribution in [0.2, 0.25) is 0 Å². The second-order valence-corrected chi connectivity index (χ2v) is 8.35. The van der Waals surface area contributed by atoms with Crippen molar-refractivity contribution in [2.75, 3.05) is 5.32 Å². The number of hydrogen-bond donors (Lipinski definition) is 2. The number of rotatable bonds is 6. The molecule has 8 nitrogen and oxygen atoms in total. The summed E-state index contributed by atoms with van der Waals surface area (Å²) >= 11 is 0. The zero-order valence-corrected chi connectivity index (χ0v) is 17.6. The number of carbonyl (C=O) groups excluding carboxylic acids is 1. The summed E-state index contributed by atoms with van der Waals surface area (Å²) in [5, 5.41) is 6.19. The number of ether oxygens (including phenoxy) is 2. The Balaban J connectivity index is 1.58. The van der Waals surface area contributed by atoms with Crippen LogP contribution < -0.4 is 20.9 Å². The molecule has 2 heterocycles. The van der Waals surface area contributed by atoms with Crippen molar-refractivity contribution in [2.24, 2.45) is 0 Å². The van der Waals surface area contributed by atoms with E-state index in [0.717, 1.165) is 25.3 Å². The molecule has 2 aromatic heterocycles. The molecule has 2 aromatic rings. The van der Waals surface area contributed by atoms with Crippen LogP contribution in [-0.2, 0) is 4.74 Å². The molecule has 0 saturated heterocycles. The second kappa shape index (κ2) is 9.32. The molecule has 0 aromatic carbocycles. The zero-order chi connectivity index (χ0) is 22.6. The molecule has 1 fully saturated rings. The minimum absolute atomic E-state index is 0.0165. The Morgan fingerprint density at radius 3 is 2.58 bits per heavy atom. The molecular formula is C21H26F2N4O4. The fourth-order valence-electron chi connectivity index (χ4n) is 3.38. The molecule has 31 heavy (non-hydrogen) atoms. The van der Waals surface area contributed by atoms with Gasteiger partial charge in [0.1, 0.15) is 17.2 Å². The van der Waals surface area contributed by atoms with Crippen LogP contribution in [0.5, 0.6) is 5.75 Å². The predicted molar refractivity (Wildman–Crippen MR) is 111 cm³/mol. The third kappa shape index (κ3) is 6.66. The highest BCUT2D eigenvalue weighted by Gasteiger charge is 2.27. The van der Waals surface area contributed by atoms with Crippen molar-refractivity contribution in [3.63, 3.8) is 0 Å². The highest BCUT2D eigenvalue weighted by molar-refractivity contribution is 5.68. The molecule has 0 bridgehead atoms. The molecule has 3 rings (SSSR count). The van der Waals surface area contributed by atoms with Crippen molar-refractivity contribution in [1.29, 1.82) is 0 Å². The summed E-state index contributed by atoms with van der Waals surface area (Å²) < 4.78 is 35.6. The van der Waals surface area contributed by atoms with Gasteiger partial charge in [0.05, 0.1) is 18.1 Å². The molecular weight excluding hydrogens is 410 g/mol. The Hall–Kier alpha value is -3.17. The molecule has 0 aliphatic heterocycles. The average Bonchev–Trinajstić information content (AvgIpc) is 3.08. The van der Waals surface area contributed by atoms with Crippen LogP contribution in [0.4, 0.5) is 19.4 Å². The molecule has 0 unspecified atom stereocenters. The van der Waals surface area contributed by atoms with Crippen molar-refractivity contribution >= 4 is 11.9 Å². The largest absolute Gasteiger partial charge is 0.444 e. The number of nitrogens with zero attached hydrogens (tertiary/aromatic N) is 2. The van der Waals surface area contributed by atoms with E-state index in [1.807, 2.05) is 20.8 Å². The lowest BCUT2D eigenvalue weighted by Gasteiger charge is -2.22. The maximum absolute atomic E-state index is 12.4. The van der Waals surface area contributed by atoms with E-state index in [9.17, 15) is 18.4 Å². The summed E-state index contributed by atoms with van der Waals surface area (Å²) in [6.45, 7) is 2.47. The first-order chi connectivity index (χ1) is 14.6. The number of halogens is 2. The van der Waals surface area contributed by atoms with Gasteiger partial charge in [-0.2, -0.15) is 8.78 Å². The minimum atomic E-state index is -2.98. The van der Waals surface area contributed by atoms with E-state index in [4.69, 9.17) is 4.74 Å². The molecule has 0 spiro atoms. The van der Waals surface area contributed by atoms with Crippen LogP contribution in [0, 0.1) is 0 Å². The van der Waals surface area contributed by atoms with Crippen LogP contribution >= 0.6 is 0 Å². The van der Waals surface area contributed by atoms with Gasteiger partial charge in [-0.15, -0.1) is 0 Å². The average molecular weight is 436 g/mol. The van der Waals surface area contributed by atoms with Crippen LogP contribution in [0.25, 0.3) is 5.69 Å². The SMILES string of the molecule is CC(C)(C)OC(=O)N[C@H]1CC[C@H](Nc2ccc(-n3cc(OC(F)F)ccc3=O)cn2)C1. The summed E-state index contributed by atoms with van der Waals surface area (Å²) in [5.41, 5.74) is -0.513. The van der Waals surface area contributed by atoms with Crippen LogP contribution in [0.1, 0.15) is 40.0 Å². The van der Waals surface area contributed by atoms with E-state index < -0.39 is 23.9 Å². The van der Waals surface area contributed by atoms with Gasteiger partial charge in [0, 0.05) is 18.2 Å². The van der Waals surface area contributed by atoms with Crippen molar-refractivity contribution in [2.45, 2.75) is 64.3 Å². The van der Waals surface area contributed by atoms with Gasteiger partial charge in [-0.1, -0.05) is 0 Å². The third-order valence-electron chi connectivity index (χ3n) is 4.64. The van der Waals surface area contributed by atoms with Crippen molar-refractivity contribution in [3.05, 3.63) is 47.0 Å². The first-order valence-electron chi connectivity index (χ1n) is 9.99. The van der Waals surface area contributed by atoms with E-state index in [-0.39, 0.29) is 17.8 Å². The van der Waals surface area contributed by atoms with Crippen molar-refractivity contribution in [3.8, 4) is 11.4 Å². The molecule has 1 saturated carbocycles. The lowest BCUT2D eigenvalue weighted by atomic mass is 10.2. The Kier molecular flexibility index (Phi) is 6.77. The van der Waals surface area contributed by atoms with E-state index in [2.05, 4.69) is 20.4 Å². The number of nitrogens with one attached hydrogen (secondary N) is 2. The summed E-state index contributed by atoms with van der Waals surface area (Å²) in [5.74, 6) is 0.492. The van der Waals surface area contributed by atoms with Gasteiger partial charge < -0.3 is 20.1 Å². The predicted octanol–water partition coefficient (Wildman–Crippen LogP) is 3.69. The second-order valence-electron chi connectivity index (χ2n) is 8.35. The number of amides is 1. The number of carbonyl (C=O) groups is 1. The number of alkyl carbamates (subject to hydrolysis) is 1. The first kappa shape index (κ1) is 22.5. The molecule has 1 amide bonds. The molecule has 168 valence electrons. The van der Waals surface area contributed by atoms with Crippen molar-refractivity contribution < 1.29 is 23.0 Å². The van der Waals surface area contributed by atoms with Crippen LogP contribution in [0.3, 0.4) is 0 Å². The standard InChI is InChI=1S/C21H26F2N4O4/c1-21(2,3)31-20(29)26-14-5-4-13(10-14)25-17-8-6-15(11-24-17)27-12-16(30-19(22)23)7-9-18(27)28/h6-9,11-14,19H,4-5,10H2,1-3H3,(H,24,25)(H,26,29)/t13-,14-/m0/s1.